The number of anilines is 1. The first-order valence-electron chi connectivity index (χ1n) is 8.61. The Bertz CT molecular complexity index is 1000. The molecule has 0 saturated heterocycles. The third kappa shape index (κ3) is 3.92. The molecule has 1 amide bonds. The molecule has 0 aliphatic heterocycles. The van der Waals surface area contributed by atoms with Gasteiger partial charge in [0.2, 0.25) is 5.88 Å². The Morgan fingerprint density at radius 2 is 1.93 bits per heavy atom. The molecule has 0 unspecified atom stereocenters. The zero-order valence-electron chi connectivity index (χ0n) is 14.3. The summed E-state index contributed by atoms with van der Waals surface area (Å²) in [6.07, 6.45) is 4.85. The minimum absolute atomic E-state index is 0.287. The van der Waals surface area contributed by atoms with Crippen molar-refractivity contribution in [3.8, 4) is 11.6 Å². The van der Waals surface area contributed by atoms with E-state index in [1.807, 2.05) is 12.1 Å². The second-order valence-corrected chi connectivity index (χ2v) is 7.13. The van der Waals surface area contributed by atoms with Gasteiger partial charge in [-0.2, -0.15) is 0 Å². The molecule has 0 saturated carbocycles. The largest absolute Gasteiger partial charge is 0.439 e. The number of carbonyl (C=O) groups excluding carboxylic acids is 1. The molecule has 1 aliphatic rings. The van der Waals surface area contributed by atoms with Crippen molar-refractivity contribution in [1.82, 2.24) is 4.98 Å². The standard InChI is InChI=1S/C21H16Cl2N2O2/c22-17-9-7-14(11-18(17)23)21(26)25-15-8-10-20(24-12-15)27-19-6-2-4-13-3-1-5-16(13)19/h2,4,6-12H,1,3,5H2,(H,25,26). The normalized spacial score (nSPS) is 12.5. The van der Waals surface area contributed by atoms with E-state index in [-0.39, 0.29) is 5.91 Å². The van der Waals surface area contributed by atoms with Gasteiger partial charge in [0, 0.05) is 11.6 Å². The van der Waals surface area contributed by atoms with Crippen LogP contribution in [0, 0.1) is 0 Å². The molecular formula is C21H16Cl2N2O2. The summed E-state index contributed by atoms with van der Waals surface area (Å²) >= 11 is 11.8. The van der Waals surface area contributed by atoms with Crippen molar-refractivity contribution in [1.29, 1.82) is 0 Å². The first-order valence-corrected chi connectivity index (χ1v) is 9.37. The molecule has 1 aromatic heterocycles. The number of nitrogens with one attached hydrogen (secondary N) is 1. The number of halogens is 2. The van der Waals surface area contributed by atoms with Gasteiger partial charge in [-0.1, -0.05) is 35.3 Å². The van der Waals surface area contributed by atoms with Gasteiger partial charge in [0.05, 0.1) is 21.9 Å². The van der Waals surface area contributed by atoms with E-state index in [1.165, 1.54) is 17.2 Å². The summed E-state index contributed by atoms with van der Waals surface area (Å²) in [5.74, 6) is 1.05. The lowest BCUT2D eigenvalue weighted by atomic mass is 10.1. The Labute approximate surface area is 167 Å². The average Bonchev–Trinajstić information content (AvgIpc) is 3.15. The van der Waals surface area contributed by atoms with Gasteiger partial charge in [0.1, 0.15) is 5.75 Å². The summed E-state index contributed by atoms with van der Waals surface area (Å²) in [7, 11) is 0. The molecule has 3 aromatic rings. The number of ether oxygens (including phenoxy) is 1. The minimum atomic E-state index is -0.287. The predicted molar refractivity (Wildman–Crippen MR) is 107 cm³/mol. The maximum Gasteiger partial charge on any atom is 0.255 e. The lowest BCUT2D eigenvalue weighted by Crippen LogP contribution is -2.12. The summed E-state index contributed by atoms with van der Waals surface area (Å²) < 4.78 is 5.94. The predicted octanol–water partition coefficient (Wildman–Crippen LogP) is 5.92. The highest BCUT2D eigenvalue weighted by atomic mass is 35.5. The van der Waals surface area contributed by atoms with Gasteiger partial charge >= 0.3 is 0 Å². The molecule has 1 heterocycles. The summed E-state index contributed by atoms with van der Waals surface area (Å²) in [6.45, 7) is 0. The Balaban J connectivity index is 1.45. The monoisotopic (exact) mass is 398 g/mol. The lowest BCUT2D eigenvalue weighted by molar-refractivity contribution is 0.102. The summed E-state index contributed by atoms with van der Waals surface area (Å²) in [6, 6.07) is 14.3. The molecule has 4 rings (SSSR count). The number of benzene rings is 2. The first kappa shape index (κ1) is 17.8. The van der Waals surface area contributed by atoms with Crippen LogP contribution in [-0.2, 0) is 12.8 Å². The van der Waals surface area contributed by atoms with Crippen molar-refractivity contribution >= 4 is 34.8 Å². The third-order valence-electron chi connectivity index (χ3n) is 4.49. The van der Waals surface area contributed by atoms with Crippen LogP contribution < -0.4 is 10.1 Å². The first-order chi connectivity index (χ1) is 13.1. The van der Waals surface area contributed by atoms with Crippen LogP contribution in [-0.4, -0.2) is 10.9 Å². The highest BCUT2D eigenvalue weighted by molar-refractivity contribution is 6.42. The fraction of sp³-hybridized carbons (Fsp3) is 0.143. The van der Waals surface area contributed by atoms with Gasteiger partial charge < -0.3 is 10.1 Å². The topological polar surface area (TPSA) is 51.2 Å². The van der Waals surface area contributed by atoms with E-state index in [4.69, 9.17) is 27.9 Å². The van der Waals surface area contributed by atoms with E-state index in [0.717, 1.165) is 25.0 Å². The fourth-order valence-corrected chi connectivity index (χ4v) is 3.45. The van der Waals surface area contributed by atoms with Crippen LogP contribution in [0.5, 0.6) is 11.6 Å². The maximum absolute atomic E-state index is 12.3. The Hall–Kier alpha value is -2.56. The van der Waals surface area contributed by atoms with Crippen LogP contribution in [0.25, 0.3) is 0 Å². The van der Waals surface area contributed by atoms with Gasteiger partial charge in [-0.3, -0.25) is 4.79 Å². The number of hydrogen-bond acceptors (Lipinski definition) is 3. The van der Waals surface area contributed by atoms with E-state index in [1.54, 1.807) is 30.5 Å². The van der Waals surface area contributed by atoms with Gasteiger partial charge in [0.25, 0.3) is 5.91 Å². The maximum atomic E-state index is 12.3. The van der Waals surface area contributed by atoms with Crippen LogP contribution in [0.1, 0.15) is 27.9 Å². The fourth-order valence-electron chi connectivity index (χ4n) is 3.15. The van der Waals surface area contributed by atoms with Crippen molar-refractivity contribution in [2.24, 2.45) is 0 Å². The van der Waals surface area contributed by atoms with E-state index in [0.29, 0.717) is 27.2 Å². The van der Waals surface area contributed by atoms with Crippen LogP contribution in [0.4, 0.5) is 5.69 Å². The van der Waals surface area contributed by atoms with Crippen LogP contribution >= 0.6 is 23.2 Å². The molecule has 1 aliphatic carbocycles. The van der Waals surface area contributed by atoms with Crippen molar-refractivity contribution in [2.45, 2.75) is 19.3 Å². The smallest absolute Gasteiger partial charge is 0.255 e. The second kappa shape index (κ2) is 7.59. The zero-order valence-corrected chi connectivity index (χ0v) is 15.8. The highest BCUT2D eigenvalue weighted by Crippen LogP contribution is 2.33. The molecular weight excluding hydrogens is 383 g/mol. The lowest BCUT2D eigenvalue weighted by Gasteiger charge is -2.10. The van der Waals surface area contributed by atoms with E-state index >= 15 is 0 Å². The van der Waals surface area contributed by atoms with Crippen molar-refractivity contribution in [3.63, 3.8) is 0 Å². The molecule has 0 radical (unpaired) electrons. The van der Waals surface area contributed by atoms with Crippen molar-refractivity contribution < 1.29 is 9.53 Å². The molecule has 6 heteroatoms. The Morgan fingerprint density at radius 3 is 2.70 bits per heavy atom. The van der Waals surface area contributed by atoms with Crippen LogP contribution in [0.3, 0.4) is 0 Å². The number of aryl methyl sites for hydroxylation is 1. The zero-order chi connectivity index (χ0) is 18.8. The minimum Gasteiger partial charge on any atom is -0.439 e. The number of pyridine rings is 1. The summed E-state index contributed by atoms with van der Waals surface area (Å²) in [4.78, 5) is 16.6. The number of nitrogens with zero attached hydrogens (tertiary/aromatic N) is 1. The van der Waals surface area contributed by atoms with Crippen LogP contribution in [0.15, 0.2) is 54.7 Å². The number of hydrogen-bond donors (Lipinski definition) is 1. The number of aromatic nitrogens is 1. The van der Waals surface area contributed by atoms with Crippen molar-refractivity contribution in [3.05, 3.63) is 81.5 Å². The molecule has 0 atom stereocenters. The Morgan fingerprint density at radius 1 is 1.04 bits per heavy atom. The van der Waals surface area contributed by atoms with Crippen LogP contribution in [0.2, 0.25) is 10.0 Å². The molecule has 0 fully saturated rings. The number of fused-ring (bicyclic) bond motifs is 1. The number of carbonyl (C=O) groups is 1. The van der Waals surface area contributed by atoms with E-state index < -0.39 is 0 Å². The number of rotatable bonds is 4. The summed E-state index contributed by atoms with van der Waals surface area (Å²) in [5.41, 5.74) is 3.59. The third-order valence-corrected chi connectivity index (χ3v) is 5.23. The quantitative estimate of drug-likeness (QED) is 0.592. The van der Waals surface area contributed by atoms with Gasteiger partial charge in [-0.15, -0.1) is 0 Å². The SMILES string of the molecule is O=C(Nc1ccc(Oc2cccc3c2CCC3)nc1)c1ccc(Cl)c(Cl)c1. The summed E-state index contributed by atoms with van der Waals surface area (Å²) in [5, 5.41) is 3.52. The van der Waals surface area contributed by atoms with E-state index in [9.17, 15) is 4.79 Å². The molecule has 2 aromatic carbocycles. The molecule has 0 bridgehead atoms. The van der Waals surface area contributed by atoms with Gasteiger partial charge in [0.15, 0.2) is 0 Å². The van der Waals surface area contributed by atoms with Gasteiger partial charge in [-0.25, -0.2) is 4.98 Å². The number of amides is 1. The molecule has 27 heavy (non-hydrogen) atoms. The molecule has 1 N–H and O–H groups in total. The second-order valence-electron chi connectivity index (χ2n) is 6.32. The van der Waals surface area contributed by atoms with Crippen molar-refractivity contribution in [2.75, 3.05) is 5.32 Å². The molecule has 4 nitrogen and oxygen atoms in total. The Kier molecular flexibility index (Phi) is 5.01. The van der Waals surface area contributed by atoms with Gasteiger partial charge in [-0.05, 0) is 60.7 Å². The van der Waals surface area contributed by atoms with E-state index in [2.05, 4.69) is 16.4 Å². The molecule has 136 valence electrons. The molecule has 0 spiro atoms. The average molecular weight is 399 g/mol. The highest BCUT2D eigenvalue weighted by Gasteiger charge is 2.16.